The van der Waals surface area contributed by atoms with Crippen LogP contribution < -0.4 is 0 Å². The van der Waals surface area contributed by atoms with Crippen molar-refractivity contribution >= 4 is 24.0 Å². The third-order valence-corrected chi connectivity index (χ3v) is 0. The zero-order chi connectivity index (χ0) is 3.58. The lowest BCUT2D eigenvalue weighted by molar-refractivity contribution is 1.91. The van der Waals surface area contributed by atoms with E-state index in [0.29, 0.717) is 0 Å². The van der Waals surface area contributed by atoms with Crippen molar-refractivity contribution in [1.29, 1.82) is 0 Å². The number of rotatable bonds is 0. The van der Waals surface area contributed by atoms with Crippen LogP contribution in [0, 0.1) is 0 Å². The van der Waals surface area contributed by atoms with E-state index in [9.17, 15) is 0 Å². The summed E-state index contributed by atoms with van der Waals surface area (Å²) in [5.74, 6) is 6.92. The summed E-state index contributed by atoms with van der Waals surface area (Å²) < 4.78 is 0. The van der Waals surface area contributed by atoms with Gasteiger partial charge in [0.2, 0.25) is 0 Å². The summed E-state index contributed by atoms with van der Waals surface area (Å²) >= 11 is -0.139. The van der Waals surface area contributed by atoms with Gasteiger partial charge in [-0.05, 0) is 0 Å². The molecule has 0 aromatic rings. The SMILES string of the molecule is P.[CH3][Al]([CH3])[CH3]. The van der Waals surface area contributed by atoms with E-state index in [4.69, 9.17) is 0 Å². The van der Waals surface area contributed by atoms with Gasteiger partial charge in [0.25, 0.3) is 14.1 Å². The van der Waals surface area contributed by atoms with E-state index in [-0.39, 0.29) is 24.0 Å². The maximum atomic E-state index is 2.31. The van der Waals surface area contributed by atoms with E-state index in [0.717, 1.165) is 0 Å². The van der Waals surface area contributed by atoms with Gasteiger partial charge in [-0.3, -0.25) is 0 Å². The Hall–Kier alpha value is 0.962. The van der Waals surface area contributed by atoms with Crippen LogP contribution in [0.3, 0.4) is 0 Å². The zero-order valence-corrected chi connectivity index (χ0v) is 6.85. The monoisotopic (exact) mass is 106 g/mol. The van der Waals surface area contributed by atoms with Crippen LogP contribution in [0.1, 0.15) is 0 Å². The van der Waals surface area contributed by atoms with Crippen molar-refractivity contribution in [2.75, 3.05) is 0 Å². The molecule has 0 aliphatic rings. The Morgan fingerprint density at radius 2 is 1.00 bits per heavy atom. The Kier molecular flexibility index (Phi) is 9.28. The Balaban J connectivity index is 0. The van der Waals surface area contributed by atoms with Gasteiger partial charge in [-0.15, -0.1) is 17.4 Å². The molecule has 0 fully saturated rings. The first-order valence-electron chi connectivity index (χ1n) is 1.73. The fourth-order valence-electron chi connectivity index (χ4n) is 0. The van der Waals surface area contributed by atoms with Crippen molar-refractivity contribution in [3.63, 3.8) is 0 Å². The highest BCUT2D eigenvalue weighted by molar-refractivity contribution is 6.92. The van der Waals surface area contributed by atoms with Gasteiger partial charge >= 0.3 is 0 Å². The van der Waals surface area contributed by atoms with E-state index >= 15 is 0 Å². The molecule has 0 saturated carbocycles. The molecule has 1 atom stereocenters. The standard InChI is InChI=1S/3CH3.Al.H3P/h3*1H3;;1H3. The van der Waals surface area contributed by atoms with Crippen molar-refractivity contribution < 1.29 is 0 Å². The lowest BCUT2D eigenvalue weighted by Gasteiger charge is -1.67. The molecule has 0 radical (unpaired) electrons. The molecular formula is C3H12AlP. The smallest absolute Gasteiger partial charge is 0.153 e. The van der Waals surface area contributed by atoms with Gasteiger partial charge in [0, 0.05) is 0 Å². The first kappa shape index (κ1) is 9.35. The second kappa shape index (κ2) is 4.96. The van der Waals surface area contributed by atoms with Gasteiger partial charge in [-0.1, -0.05) is 0 Å². The van der Waals surface area contributed by atoms with Gasteiger partial charge in [0.15, 0.2) is 0 Å². The molecule has 0 saturated heterocycles. The summed E-state index contributed by atoms with van der Waals surface area (Å²) in [6, 6.07) is 0. The van der Waals surface area contributed by atoms with Crippen molar-refractivity contribution in [2.45, 2.75) is 17.4 Å². The molecule has 0 N–H and O–H groups in total. The summed E-state index contributed by atoms with van der Waals surface area (Å²) in [5.41, 5.74) is 0. The minimum Gasteiger partial charge on any atom is -0.153 e. The maximum absolute atomic E-state index is 2.31. The zero-order valence-electron chi connectivity index (χ0n) is 4.28. The lowest BCUT2D eigenvalue weighted by atomic mass is 11.8. The lowest BCUT2D eigenvalue weighted by Crippen LogP contribution is -1.84. The second-order valence-corrected chi connectivity index (χ2v) is 5.20. The van der Waals surface area contributed by atoms with E-state index < -0.39 is 0 Å². The highest BCUT2D eigenvalue weighted by Crippen LogP contribution is 1.68. The maximum Gasteiger partial charge on any atom is 0.251 e. The summed E-state index contributed by atoms with van der Waals surface area (Å²) in [7, 11) is 0. The molecular weight excluding hydrogens is 94.0 g/mol. The van der Waals surface area contributed by atoms with Gasteiger partial charge in [0.1, 0.15) is 0 Å². The molecule has 0 spiro atoms. The largest absolute Gasteiger partial charge is 0.251 e. The van der Waals surface area contributed by atoms with E-state index in [2.05, 4.69) is 17.4 Å². The van der Waals surface area contributed by atoms with Gasteiger partial charge in [0.05, 0.1) is 0 Å². The van der Waals surface area contributed by atoms with Gasteiger partial charge in [-0.2, -0.15) is 9.90 Å². The first-order valence-corrected chi connectivity index (χ1v) is 5.20. The minimum atomic E-state index is -0.139. The molecule has 0 heterocycles. The van der Waals surface area contributed by atoms with Crippen molar-refractivity contribution in [3.8, 4) is 0 Å². The minimum absolute atomic E-state index is 0. The quantitative estimate of drug-likeness (QED) is 0.323. The normalized spacial score (nSPS) is 5.40. The summed E-state index contributed by atoms with van der Waals surface area (Å²) in [4.78, 5) is 0. The van der Waals surface area contributed by atoms with E-state index in [1.807, 2.05) is 0 Å². The van der Waals surface area contributed by atoms with Crippen LogP contribution in [0.2, 0.25) is 17.4 Å². The van der Waals surface area contributed by atoms with Crippen molar-refractivity contribution in [1.82, 2.24) is 0 Å². The van der Waals surface area contributed by atoms with E-state index in [1.54, 1.807) is 0 Å². The molecule has 1 unspecified atom stereocenters. The van der Waals surface area contributed by atoms with Crippen molar-refractivity contribution in [2.24, 2.45) is 0 Å². The first-order chi connectivity index (χ1) is 1.73. The van der Waals surface area contributed by atoms with Crippen LogP contribution in [-0.4, -0.2) is 14.1 Å². The fraction of sp³-hybridized carbons (Fsp3) is 1.00. The van der Waals surface area contributed by atoms with Crippen LogP contribution >= 0.6 is 9.90 Å². The summed E-state index contributed by atoms with van der Waals surface area (Å²) in [5, 5.41) is 0. The Bertz CT molecular complexity index is 11.6. The third-order valence-electron chi connectivity index (χ3n) is 0. The topological polar surface area (TPSA) is 0 Å². The van der Waals surface area contributed by atoms with Gasteiger partial charge < -0.3 is 0 Å². The fourth-order valence-corrected chi connectivity index (χ4v) is 0. The Labute approximate surface area is 42.0 Å². The van der Waals surface area contributed by atoms with Crippen LogP contribution in [0.4, 0.5) is 0 Å². The predicted molar refractivity (Wildman–Crippen MR) is 34.5 cm³/mol. The van der Waals surface area contributed by atoms with Crippen LogP contribution in [0.5, 0.6) is 0 Å². The summed E-state index contributed by atoms with van der Waals surface area (Å²) in [6.07, 6.45) is 0. The molecule has 0 rings (SSSR count). The molecule has 0 aliphatic carbocycles. The average Bonchev–Trinajstić information content (AvgIpc) is 0.811. The van der Waals surface area contributed by atoms with E-state index in [1.165, 1.54) is 0 Å². The molecule has 2 heteroatoms. The Morgan fingerprint density at radius 3 is 1.00 bits per heavy atom. The summed E-state index contributed by atoms with van der Waals surface area (Å²) in [6.45, 7) is 0. The number of hydrogen-bond donors (Lipinski definition) is 0. The van der Waals surface area contributed by atoms with Crippen LogP contribution in [-0.2, 0) is 0 Å². The Morgan fingerprint density at radius 1 is 1.00 bits per heavy atom. The van der Waals surface area contributed by atoms with Crippen LogP contribution in [0.15, 0.2) is 0 Å². The van der Waals surface area contributed by atoms with Gasteiger partial charge in [-0.25, -0.2) is 0 Å². The molecule has 32 valence electrons. The number of hydrogen-bond acceptors (Lipinski definition) is 0. The highest BCUT2D eigenvalue weighted by Gasteiger charge is 1.81. The average molecular weight is 106 g/mol. The second-order valence-electron chi connectivity index (χ2n) is 1.73. The molecule has 0 aliphatic heterocycles. The molecule has 0 nitrogen and oxygen atoms in total. The molecule has 0 aromatic carbocycles. The predicted octanol–water partition coefficient (Wildman–Crippen LogP) is 1.43. The highest BCUT2D eigenvalue weighted by atomic mass is 31.0. The molecule has 0 amide bonds. The molecule has 5 heavy (non-hydrogen) atoms. The molecule has 0 aromatic heterocycles. The molecule has 0 bridgehead atoms. The van der Waals surface area contributed by atoms with Crippen LogP contribution in [0.25, 0.3) is 0 Å². The third kappa shape index (κ3) is 47.0. The van der Waals surface area contributed by atoms with Crippen molar-refractivity contribution in [3.05, 3.63) is 0 Å².